The molecule has 0 bridgehead atoms. The van der Waals surface area contributed by atoms with Gasteiger partial charge in [-0.3, -0.25) is 14.9 Å². The van der Waals surface area contributed by atoms with E-state index in [0.717, 1.165) is 22.2 Å². The van der Waals surface area contributed by atoms with Crippen molar-refractivity contribution >= 4 is 28.9 Å². The number of nitrogens with one attached hydrogen (secondary N) is 1. The molecule has 4 aromatic rings. The van der Waals surface area contributed by atoms with Gasteiger partial charge in [0.25, 0.3) is 0 Å². The standard InChI is InChI=1S/C26H23N3O4/c1-2-32-25(31)22-23(29-21-11-7-6-10-20(21)27-26(29)28-24(22)30)18-12-14-19(15-13-18)33-16-17-8-4-3-5-9-17/h3-15,22-23H,2,16H2,1H3,(H,27,28,30)/t22-,23+/m0/s1. The minimum atomic E-state index is -1.04. The molecular weight excluding hydrogens is 418 g/mol. The lowest BCUT2D eigenvalue weighted by molar-refractivity contribution is -0.152. The van der Waals surface area contributed by atoms with E-state index in [1.165, 1.54) is 0 Å². The molecule has 0 fully saturated rings. The zero-order valence-electron chi connectivity index (χ0n) is 18.1. The van der Waals surface area contributed by atoms with Crippen molar-refractivity contribution in [2.45, 2.75) is 19.6 Å². The highest BCUT2D eigenvalue weighted by molar-refractivity contribution is 6.07. The van der Waals surface area contributed by atoms with Crippen molar-refractivity contribution in [3.05, 3.63) is 90.0 Å². The molecule has 5 rings (SSSR count). The monoisotopic (exact) mass is 441 g/mol. The predicted molar refractivity (Wildman–Crippen MR) is 124 cm³/mol. The van der Waals surface area contributed by atoms with E-state index in [4.69, 9.17) is 9.47 Å². The number of para-hydroxylation sites is 2. The van der Waals surface area contributed by atoms with E-state index < -0.39 is 23.8 Å². The Hall–Kier alpha value is -4.13. The molecule has 7 heteroatoms. The lowest BCUT2D eigenvalue weighted by Gasteiger charge is -2.32. The summed E-state index contributed by atoms with van der Waals surface area (Å²) in [6.07, 6.45) is 0. The summed E-state index contributed by atoms with van der Waals surface area (Å²) >= 11 is 0. The maximum Gasteiger partial charge on any atom is 0.321 e. The summed E-state index contributed by atoms with van der Waals surface area (Å²) in [4.78, 5) is 30.4. The number of benzene rings is 3. The van der Waals surface area contributed by atoms with Crippen molar-refractivity contribution in [3.8, 4) is 5.75 Å². The van der Waals surface area contributed by atoms with E-state index in [-0.39, 0.29) is 6.61 Å². The van der Waals surface area contributed by atoms with Crippen LogP contribution < -0.4 is 10.1 Å². The third-order valence-corrected chi connectivity index (χ3v) is 5.72. The number of hydrogen-bond donors (Lipinski definition) is 1. The van der Waals surface area contributed by atoms with Gasteiger partial charge >= 0.3 is 5.97 Å². The number of carbonyl (C=O) groups is 2. The molecule has 3 aromatic carbocycles. The lowest BCUT2D eigenvalue weighted by atomic mass is 9.90. The number of anilines is 1. The highest BCUT2D eigenvalue weighted by Crippen LogP contribution is 2.39. The molecule has 0 unspecified atom stereocenters. The Morgan fingerprint density at radius 1 is 1.00 bits per heavy atom. The molecule has 1 N–H and O–H groups in total. The Balaban J connectivity index is 1.52. The van der Waals surface area contributed by atoms with Gasteiger partial charge in [-0.15, -0.1) is 0 Å². The van der Waals surface area contributed by atoms with Gasteiger partial charge in [-0.05, 0) is 42.3 Å². The summed E-state index contributed by atoms with van der Waals surface area (Å²) < 4.78 is 13.1. The first kappa shape index (κ1) is 20.8. The van der Waals surface area contributed by atoms with E-state index in [1.807, 2.05) is 83.4 Å². The molecule has 0 saturated carbocycles. The SMILES string of the molecule is CCOC(=O)[C@@H]1C(=O)Nc2nc3ccccc3n2[C@@H]1c1ccc(OCc2ccccc2)cc1. The number of nitrogens with zero attached hydrogens (tertiary/aromatic N) is 2. The fourth-order valence-electron chi connectivity index (χ4n) is 4.21. The molecule has 33 heavy (non-hydrogen) atoms. The Labute approximate surface area is 191 Å². The van der Waals surface area contributed by atoms with Crippen LogP contribution in [0.15, 0.2) is 78.9 Å². The van der Waals surface area contributed by atoms with Crippen LogP contribution in [0, 0.1) is 5.92 Å². The first-order chi connectivity index (χ1) is 16.2. The minimum Gasteiger partial charge on any atom is -0.489 e. The van der Waals surface area contributed by atoms with Gasteiger partial charge in [0.05, 0.1) is 23.7 Å². The van der Waals surface area contributed by atoms with Gasteiger partial charge in [0.1, 0.15) is 12.4 Å². The summed E-state index contributed by atoms with van der Waals surface area (Å²) in [6, 6.07) is 24.4. The Bertz CT molecular complexity index is 1300. The third kappa shape index (κ3) is 3.93. The molecule has 1 aliphatic heterocycles. The van der Waals surface area contributed by atoms with Crippen molar-refractivity contribution in [2.24, 2.45) is 5.92 Å². The summed E-state index contributed by atoms with van der Waals surface area (Å²) in [5.41, 5.74) is 3.43. The number of carbonyl (C=O) groups excluding carboxylic acids is 2. The number of hydrogen-bond acceptors (Lipinski definition) is 5. The van der Waals surface area contributed by atoms with Crippen molar-refractivity contribution < 1.29 is 19.1 Å². The summed E-state index contributed by atoms with van der Waals surface area (Å²) in [7, 11) is 0. The van der Waals surface area contributed by atoms with Gasteiger partial charge in [0.2, 0.25) is 11.9 Å². The summed E-state index contributed by atoms with van der Waals surface area (Å²) in [5.74, 6) is -0.910. The number of amides is 1. The minimum absolute atomic E-state index is 0.194. The molecule has 0 spiro atoms. The van der Waals surface area contributed by atoms with Crippen LogP contribution in [-0.4, -0.2) is 28.0 Å². The second-order valence-electron chi connectivity index (χ2n) is 7.80. The normalized spacial score (nSPS) is 17.3. The van der Waals surface area contributed by atoms with Crippen LogP contribution in [0.4, 0.5) is 5.95 Å². The van der Waals surface area contributed by atoms with Crippen molar-refractivity contribution in [1.82, 2.24) is 9.55 Å². The topological polar surface area (TPSA) is 82.5 Å². The maximum atomic E-state index is 13.0. The van der Waals surface area contributed by atoms with E-state index in [2.05, 4.69) is 10.3 Å². The van der Waals surface area contributed by atoms with Gasteiger partial charge in [0.15, 0.2) is 5.92 Å². The first-order valence-corrected chi connectivity index (χ1v) is 10.9. The fourth-order valence-corrected chi connectivity index (χ4v) is 4.21. The zero-order valence-corrected chi connectivity index (χ0v) is 18.1. The molecule has 1 aromatic heterocycles. The molecule has 0 aliphatic carbocycles. The van der Waals surface area contributed by atoms with Crippen LogP contribution in [0.25, 0.3) is 11.0 Å². The largest absolute Gasteiger partial charge is 0.489 e. The van der Waals surface area contributed by atoms with E-state index in [0.29, 0.717) is 18.3 Å². The van der Waals surface area contributed by atoms with Crippen LogP contribution in [0.1, 0.15) is 24.1 Å². The summed E-state index contributed by atoms with van der Waals surface area (Å²) in [5, 5.41) is 2.78. The van der Waals surface area contributed by atoms with Crippen LogP contribution in [-0.2, 0) is 20.9 Å². The second-order valence-corrected chi connectivity index (χ2v) is 7.80. The molecule has 0 saturated heterocycles. The van der Waals surface area contributed by atoms with E-state index >= 15 is 0 Å². The lowest BCUT2D eigenvalue weighted by Crippen LogP contribution is -2.43. The van der Waals surface area contributed by atoms with E-state index in [9.17, 15) is 9.59 Å². The molecule has 0 radical (unpaired) electrons. The fraction of sp³-hybridized carbons (Fsp3) is 0.192. The summed E-state index contributed by atoms with van der Waals surface area (Å²) in [6.45, 7) is 2.37. The number of ether oxygens (including phenoxy) is 2. The number of imidazole rings is 1. The molecule has 7 nitrogen and oxygen atoms in total. The average Bonchev–Trinajstić information content (AvgIpc) is 3.21. The highest BCUT2D eigenvalue weighted by atomic mass is 16.5. The number of esters is 1. The first-order valence-electron chi connectivity index (χ1n) is 10.9. The number of aromatic nitrogens is 2. The Morgan fingerprint density at radius 3 is 2.48 bits per heavy atom. The average molecular weight is 441 g/mol. The van der Waals surface area contributed by atoms with E-state index in [1.54, 1.807) is 6.92 Å². The van der Waals surface area contributed by atoms with Crippen LogP contribution in [0.2, 0.25) is 0 Å². The maximum absolute atomic E-state index is 13.0. The quantitative estimate of drug-likeness (QED) is 0.356. The van der Waals surface area contributed by atoms with Gasteiger partial charge in [-0.2, -0.15) is 0 Å². The molecule has 2 atom stereocenters. The Kier molecular flexibility index (Phi) is 5.52. The van der Waals surface area contributed by atoms with Crippen molar-refractivity contribution in [3.63, 3.8) is 0 Å². The molecule has 2 heterocycles. The highest BCUT2D eigenvalue weighted by Gasteiger charge is 2.44. The predicted octanol–water partition coefficient (Wildman–Crippen LogP) is 4.34. The van der Waals surface area contributed by atoms with Crippen molar-refractivity contribution in [1.29, 1.82) is 0 Å². The van der Waals surface area contributed by atoms with Gasteiger partial charge in [-0.25, -0.2) is 4.98 Å². The number of fused-ring (bicyclic) bond motifs is 3. The molecule has 1 amide bonds. The number of rotatable bonds is 6. The van der Waals surface area contributed by atoms with Gasteiger partial charge in [-0.1, -0.05) is 54.6 Å². The molecule has 166 valence electrons. The van der Waals surface area contributed by atoms with Crippen LogP contribution >= 0.6 is 0 Å². The smallest absolute Gasteiger partial charge is 0.321 e. The van der Waals surface area contributed by atoms with Gasteiger partial charge in [0, 0.05) is 0 Å². The molecule has 1 aliphatic rings. The molecular formula is C26H23N3O4. The zero-order chi connectivity index (χ0) is 22.8. The van der Waals surface area contributed by atoms with Crippen LogP contribution in [0.5, 0.6) is 5.75 Å². The third-order valence-electron chi connectivity index (χ3n) is 5.72. The van der Waals surface area contributed by atoms with Crippen molar-refractivity contribution in [2.75, 3.05) is 11.9 Å². The second kappa shape index (κ2) is 8.78. The Morgan fingerprint density at radius 2 is 1.73 bits per heavy atom. The van der Waals surface area contributed by atoms with Gasteiger partial charge < -0.3 is 14.0 Å². The van der Waals surface area contributed by atoms with Crippen LogP contribution in [0.3, 0.4) is 0 Å².